The fraction of sp³-hybridized carbons (Fsp3) is 0.296. The van der Waals surface area contributed by atoms with Gasteiger partial charge in [0.25, 0.3) is 5.91 Å². The molecule has 1 aliphatic heterocycles. The molecule has 2 aliphatic rings. The first-order chi connectivity index (χ1) is 16.2. The van der Waals surface area contributed by atoms with Gasteiger partial charge < -0.3 is 15.0 Å². The summed E-state index contributed by atoms with van der Waals surface area (Å²) in [4.78, 5) is 24.8. The van der Waals surface area contributed by atoms with Gasteiger partial charge in [0.15, 0.2) is 5.82 Å². The molecule has 6 nitrogen and oxygen atoms in total. The zero-order valence-electron chi connectivity index (χ0n) is 18.9. The second-order valence-corrected chi connectivity index (χ2v) is 8.35. The van der Waals surface area contributed by atoms with Crippen LogP contribution < -0.4 is 5.32 Å². The van der Waals surface area contributed by atoms with E-state index in [-0.39, 0.29) is 5.91 Å². The summed E-state index contributed by atoms with van der Waals surface area (Å²) >= 11 is 0. The number of amides is 1. The van der Waals surface area contributed by atoms with Crippen molar-refractivity contribution in [3.63, 3.8) is 0 Å². The smallest absolute Gasteiger partial charge is 0.254 e. The Morgan fingerprint density at radius 3 is 2.55 bits per heavy atom. The van der Waals surface area contributed by atoms with E-state index in [0.717, 1.165) is 52.8 Å². The molecule has 1 N–H and O–H groups in total. The molecule has 0 unspecified atom stereocenters. The number of hydrogen-bond donors (Lipinski definition) is 1. The highest BCUT2D eigenvalue weighted by Gasteiger charge is 2.25. The molecule has 3 aromatic rings. The molecule has 5 rings (SSSR count). The van der Waals surface area contributed by atoms with Crippen LogP contribution >= 0.6 is 0 Å². The molecular formula is C27H28N4O2. The summed E-state index contributed by atoms with van der Waals surface area (Å²) in [5.41, 5.74) is 4.90. The van der Waals surface area contributed by atoms with Crippen LogP contribution in [0.5, 0.6) is 0 Å². The van der Waals surface area contributed by atoms with Gasteiger partial charge in [-0.25, -0.2) is 9.97 Å². The minimum atomic E-state index is 0.103. The van der Waals surface area contributed by atoms with E-state index in [1.807, 2.05) is 65.6 Å². The van der Waals surface area contributed by atoms with Crippen LogP contribution in [0.2, 0.25) is 0 Å². The van der Waals surface area contributed by atoms with Crippen molar-refractivity contribution in [1.29, 1.82) is 0 Å². The van der Waals surface area contributed by atoms with Crippen LogP contribution in [0.15, 0.2) is 77.5 Å². The second kappa shape index (κ2) is 9.55. The fourth-order valence-corrected chi connectivity index (χ4v) is 4.42. The quantitative estimate of drug-likeness (QED) is 0.608. The fourth-order valence-electron chi connectivity index (χ4n) is 4.42. The molecule has 0 saturated carbocycles. The summed E-state index contributed by atoms with van der Waals surface area (Å²) < 4.78 is 5.43. The lowest BCUT2D eigenvalue weighted by Gasteiger charge is -2.29. The van der Waals surface area contributed by atoms with Gasteiger partial charge in [0, 0.05) is 35.3 Å². The van der Waals surface area contributed by atoms with Crippen LogP contribution in [-0.2, 0) is 9.53 Å². The molecule has 2 aromatic carbocycles. The summed E-state index contributed by atoms with van der Waals surface area (Å²) in [5, 5.41) is 4.51. The molecule has 6 heteroatoms. The van der Waals surface area contributed by atoms with Gasteiger partial charge in [-0.2, -0.15) is 0 Å². The number of morpholine rings is 1. The van der Waals surface area contributed by atoms with Crippen molar-refractivity contribution in [3.05, 3.63) is 77.5 Å². The Morgan fingerprint density at radius 2 is 1.76 bits per heavy atom. The highest BCUT2D eigenvalue weighted by molar-refractivity contribution is 5.98. The summed E-state index contributed by atoms with van der Waals surface area (Å²) in [6.45, 7) is 4.62. The van der Waals surface area contributed by atoms with Gasteiger partial charge in [-0.05, 0) is 37.5 Å². The number of para-hydroxylation sites is 1. The lowest BCUT2D eigenvalue weighted by molar-refractivity contribution is -0.130. The number of carbonyl (C=O) groups is 1. The van der Waals surface area contributed by atoms with Gasteiger partial charge in [-0.15, -0.1) is 0 Å². The first-order valence-electron chi connectivity index (χ1n) is 11.6. The standard InChI is InChI=1S/C27H28N4O2/c1-2-19-12-13-21(18-23(19)27(32)31-14-16-33-17-15-31)28-26-22-10-6-7-11-24(22)29-25(30-26)20-8-4-3-5-9-20/h3-11,18H,2,12-17H2,1H3,(H,28,29,30). The number of ether oxygens (including phenoxy) is 1. The summed E-state index contributed by atoms with van der Waals surface area (Å²) in [6, 6.07) is 18.0. The largest absolute Gasteiger partial charge is 0.378 e. The van der Waals surface area contributed by atoms with E-state index < -0.39 is 0 Å². The number of nitrogens with zero attached hydrogens (tertiary/aromatic N) is 3. The Balaban J connectivity index is 1.50. The van der Waals surface area contributed by atoms with Crippen molar-refractivity contribution >= 4 is 22.6 Å². The Kier molecular flexibility index (Phi) is 6.17. The summed E-state index contributed by atoms with van der Waals surface area (Å²) in [6.07, 6.45) is 4.63. The number of hydrogen-bond acceptors (Lipinski definition) is 5. The molecule has 1 amide bonds. The molecule has 33 heavy (non-hydrogen) atoms. The highest BCUT2D eigenvalue weighted by atomic mass is 16.5. The Morgan fingerprint density at radius 1 is 1.00 bits per heavy atom. The van der Waals surface area contributed by atoms with Crippen LogP contribution in [0, 0.1) is 0 Å². The van der Waals surface area contributed by atoms with E-state index >= 15 is 0 Å². The van der Waals surface area contributed by atoms with Crippen molar-refractivity contribution in [2.24, 2.45) is 0 Å². The number of benzene rings is 2. The lowest BCUT2D eigenvalue weighted by Crippen LogP contribution is -2.41. The Bertz CT molecular complexity index is 1230. The van der Waals surface area contributed by atoms with E-state index in [2.05, 4.69) is 12.2 Å². The second-order valence-electron chi connectivity index (χ2n) is 8.35. The van der Waals surface area contributed by atoms with Gasteiger partial charge in [0.1, 0.15) is 5.82 Å². The molecule has 0 bridgehead atoms. The third-order valence-corrected chi connectivity index (χ3v) is 6.27. The monoisotopic (exact) mass is 440 g/mol. The van der Waals surface area contributed by atoms with E-state index in [9.17, 15) is 4.79 Å². The number of rotatable bonds is 5. The van der Waals surface area contributed by atoms with Gasteiger partial charge in [0.05, 0.1) is 18.7 Å². The molecule has 2 heterocycles. The molecule has 0 radical (unpaired) electrons. The highest BCUT2D eigenvalue weighted by Crippen LogP contribution is 2.31. The van der Waals surface area contributed by atoms with Gasteiger partial charge in [-0.3, -0.25) is 4.79 Å². The van der Waals surface area contributed by atoms with Crippen molar-refractivity contribution in [3.8, 4) is 11.4 Å². The maximum absolute atomic E-state index is 13.3. The third-order valence-electron chi connectivity index (χ3n) is 6.27. The Labute approximate surface area is 194 Å². The SMILES string of the molecule is CCC1=C(C(=O)N2CCOCC2)C=C(Nc2nc(-c3ccccc3)nc3ccccc23)CC1. The van der Waals surface area contributed by atoms with Crippen LogP contribution in [0.1, 0.15) is 26.2 Å². The average molecular weight is 441 g/mol. The number of carbonyl (C=O) groups excluding carboxylic acids is 1. The maximum Gasteiger partial charge on any atom is 0.254 e. The predicted octanol–water partition coefficient (Wildman–Crippen LogP) is 4.95. The zero-order chi connectivity index (χ0) is 22.6. The molecule has 1 aromatic heterocycles. The average Bonchev–Trinajstić information content (AvgIpc) is 2.89. The molecule has 1 fully saturated rings. The normalized spacial score (nSPS) is 16.6. The third kappa shape index (κ3) is 4.52. The lowest BCUT2D eigenvalue weighted by atomic mass is 9.92. The number of fused-ring (bicyclic) bond motifs is 1. The molecular weight excluding hydrogens is 412 g/mol. The predicted molar refractivity (Wildman–Crippen MR) is 131 cm³/mol. The minimum Gasteiger partial charge on any atom is -0.378 e. The topological polar surface area (TPSA) is 67.3 Å². The van der Waals surface area contributed by atoms with Crippen LogP contribution in [0.3, 0.4) is 0 Å². The van der Waals surface area contributed by atoms with Crippen molar-refractivity contribution in [2.75, 3.05) is 31.6 Å². The molecule has 1 saturated heterocycles. The van der Waals surface area contributed by atoms with E-state index in [1.165, 1.54) is 5.57 Å². The summed E-state index contributed by atoms with van der Waals surface area (Å²) in [5.74, 6) is 1.55. The van der Waals surface area contributed by atoms with Crippen molar-refractivity contribution < 1.29 is 9.53 Å². The zero-order valence-corrected chi connectivity index (χ0v) is 18.9. The number of nitrogens with one attached hydrogen (secondary N) is 1. The molecule has 0 spiro atoms. The van der Waals surface area contributed by atoms with Gasteiger partial charge in [-0.1, -0.05) is 55.0 Å². The van der Waals surface area contributed by atoms with Crippen LogP contribution in [0.25, 0.3) is 22.3 Å². The minimum absolute atomic E-state index is 0.103. The van der Waals surface area contributed by atoms with Crippen LogP contribution in [0.4, 0.5) is 5.82 Å². The number of anilines is 1. The number of allylic oxidation sites excluding steroid dienone is 2. The van der Waals surface area contributed by atoms with E-state index in [0.29, 0.717) is 32.1 Å². The van der Waals surface area contributed by atoms with Crippen molar-refractivity contribution in [2.45, 2.75) is 26.2 Å². The number of aromatic nitrogens is 2. The van der Waals surface area contributed by atoms with Crippen LogP contribution in [-0.4, -0.2) is 47.1 Å². The van der Waals surface area contributed by atoms with Crippen molar-refractivity contribution in [1.82, 2.24) is 14.9 Å². The molecule has 0 atom stereocenters. The van der Waals surface area contributed by atoms with Gasteiger partial charge in [0.2, 0.25) is 0 Å². The first kappa shape index (κ1) is 21.3. The van der Waals surface area contributed by atoms with E-state index in [4.69, 9.17) is 14.7 Å². The maximum atomic E-state index is 13.3. The molecule has 168 valence electrons. The van der Waals surface area contributed by atoms with Gasteiger partial charge >= 0.3 is 0 Å². The first-order valence-corrected chi connectivity index (χ1v) is 11.6. The van der Waals surface area contributed by atoms with E-state index in [1.54, 1.807) is 0 Å². The molecule has 1 aliphatic carbocycles. The summed E-state index contributed by atoms with van der Waals surface area (Å²) in [7, 11) is 0. The Hall–Kier alpha value is -3.51.